The molecule has 0 spiro atoms. The Morgan fingerprint density at radius 1 is 1.32 bits per heavy atom. The molecule has 4 heteroatoms. The van der Waals surface area contributed by atoms with E-state index in [0.717, 1.165) is 17.1 Å². The lowest BCUT2D eigenvalue weighted by Gasteiger charge is -2.16. The summed E-state index contributed by atoms with van der Waals surface area (Å²) in [7, 11) is 1.58. The molecule has 0 saturated heterocycles. The highest BCUT2D eigenvalue weighted by molar-refractivity contribution is 5.36. The third-order valence-corrected chi connectivity index (χ3v) is 3.04. The molecular weight excluding hydrogens is 245 g/mol. The van der Waals surface area contributed by atoms with Crippen molar-refractivity contribution in [2.24, 2.45) is 0 Å². The molecule has 102 valence electrons. The molecule has 0 unspecified atom stereocenters. The number of hydrogen-bond acceptors (Lipinski definition) is 3. The lowest BCUT2D eigenvalue weighted by molar-refractivity contribution is 0.395. The Labute approximate surface area is 112 Å². The Hall–Kier alpha value is -1.81. The van der Waals surface area contributed by atoms with Crippen LogP contribution in [0, 0.1) is 12.7 Å². The number of ether oxygens (including phenoxy) is 1. The zero-order valence-corrected chi connectivity index (χ0v) is 11.4. The molecule has 0 aliphatic rings. The Morgan fingerprint density at radius 3 is 2.74 bits per heavy atom. The van der Waals surface area contributed by atoms with Crippen LogP contribution in [0.15, 0.2) is 34.7 Å². The topological polar surface area (TPSA) is 34.4 Å². The summed E-state index contributed by atoms with van der Waals surface area (Å²) < 4.78 is 24.0. The largest absolute Gasteiger partial charge is 0.496 e. The predicted molar refractivity (Wildman–Crippen MR) is 71.7 cm³/mol. The van der Waals surface area contributed by atoms with Gasteiger partial charge in [0.2, 0.25) is 0 Å². The van der Waals surface area contributed by atoms with Crippen molar-refractivity contribution in [3.8, 4) is 5.75 Å². The van der Waals surface area contributed by atoms with E-state index in [-0.39, 0.29) is 11.9 Å². The smallest absolute Gasteiger partial charge is 0.123 e. The van der Waals surface area contributed by atoms with Crippen molar-refractivity contribution >= 4 is 0 Å². The summed E-state index contributed by atoms with van der Waals surface area (Å²) in [4.78, 5) is 0. The summed E-state index contributed by atoms with van der Waals surface area (Å²) in [5.41, 5.74) is 0.797. The number of methoxy groups -OCH3 is 1. The van der Waals surface area contributed by atoms with Gasteiger partial charge in [0.05, 0.1) is 13.7 Å². The van der Waals surface area contributed by atoms with Crippen LogP contribution in [0.4, 0.5) is 4.39 Å². The second kappa shape index (κ2) is 5.89. The number of furan rings is 1. The van der Waals surface area contributed by atoms with Gasteiger partial charge in [0, 0.05) is 11.6 Å². The summed E-state index contributed by atoms with van der Waals surface area (Å²) in [6.07, 6.45) is 0. The highest BCUT2D eigenvalue weighted by atomic mass is 19.1. The van der Waals surface area contributed by atoms with E-state index >= 15 is 0 Å². The van der Waals surface area contributed by atoms with E-state index in [1.165, 1.54) is 12.1 Å². The number of nitrogens with one attached hydrogen (secondary N) is 1. The van der Waals surface area contributed by atoms with E-state index in [2.05, 4.69) is 5.32 Å². The second-order valence-electron chi connectivity index (χ2n) is 4.50. The molecule has 1 atom stereocenters. The maximum absolute atomic E-state index is 13.3. The third-order valence-electron chi connectivity index (χ3n) is 3.04. The molecule has 3 nitrogen and oxygen atoms in total. The molecule has 2 rings (SSSR count). The van der Waals surface area contributed by atoms with Gasteiger partial charge in [-0.05, 0) is 44.2 Å². The van der Waals surface area contributed by atoms with Crippen molar-refractivity contribution in [2.45, 2.75) is 26.4 Å². The summed E-state index contributed by atoms with van der Waals surface area (Å²) in [5.74, 6) is 2.16. The Kier molecular flexibility index (Phi) is 4.22. The van der Waals surface area contributed by atoms with Gasteiger partial charge >= 0.3 is 0 Å². The fraction of sp³-hybridized carbons (Fsp3) is 0.333. The fourth-order valence-corrected chi connectivity index (χ4v) is 1.99. The van der Waals surface area contributed by atoms with Crippen molar-refractivity contribution < 1.29 is 13.5 Å². The summed E-state index contributed by atoms with van der Waals surface area (Å²) in [5, 5.41) is 3.29. The Balaban J connectivity index is 2.06. The molecule has 1 aromatic carbocycles. The van der Waals surface area contributed by atoms with Crippen LogP contribution in [0.5, 0.6) is 5.75 Å². The maximum Gasteiger partial charge on any atom is 0.123 e. The molecule has 0 bridgehead atoms. The van der Waals surface area contributed by atoms with E-state index in [9.17, 15) is 4.39 Å². The van der Waals surface area contributed by atoms with Gasteiger partial charge in [-0.2, -0.15) is 0 Å². The standard InChI is InChI=1S/C15H18FNO2/c1-10-4-6-13(19-10)9-17-11(2)14-8-12(16)5-7-15(14)18-3/h4-8,11,17H,9H2,1-3H3/t11-/m0/s1. The first kappa shape index (κ1) is 13.6. The molecule has 0 aliphatic carbocycles. The molecule has 2 aromatic rings. The zero-order valence-electron chi connectivity index (χ0n) is 11.4. The van der Waals surface area contributed by atoms with Crippen LogP contribution < -0.4 is 10.1 Å². The molecule has 1 heterocycles. The van der Waals surface area contributed by atoms with Crippen LogP contribution in [-0.2, 0) is 6.54 Å². The van der Waals surface area contributed by atoms with Crippen molar-refractivity contribution in [3.63, 3.8) is 0 Å². The minimum atomic E-state index is -0.265. The molecule has 1 N–H and O–H groups in total. The molecule has 0 amide bonds. The van der Waals surface area contributed by atoms with Gasteiger partial charge in [-0.25, -0.2) is 4.39 Å². The van der Waals surface area contributed by atoms with Crippen LogP contribution >= 0.6 is 0 Å². The van der Waals surface area contributed by atoms with E-state index in [4.69, 9.17) is 9.15 Å². The van der Waals surface area contributed by atoms with Crippen LogP contribution in [0.25, 0.3) is 0 Å². The molecule has 0 aliphatic heterocycles. The molecular formula is C15H18FNO2. The third kappa shape index (κ3) is 3.35. The molecule has 1 aromatic heterocycles. The summed E-state index contributed by atoms with van der Waals surface area (Å²) >= 11 is 0. The van der Waals surface area contributed by atoms with Gasteiger partial charge in [-0.15, -0.1) is 0 Å². The summed E-state index contributed by atoms with van der Waals surface area (Å²) in [6, 6.07) is 8.34. The first-order valence-corrected chi connectivity index (χ1v) is 6.22. The molecule has 0 radical (unpaired) electrons. The van der Waals surface area contributed by atoms with Gasteiger partial charge in [0.1, 0.15) is 23.1 Å². The molecule has 0 saturated carbocycles. The van der Waals surface area contributed by atoms with E-state index in [0.29, 0.717) is 12.3 Å². The SMILES string of the molecule is COc1ccc(F)cc1[C@H](C)NCc1ccc(C)o1. The van der Waals surface area contributed by atoms with Gasteiger partial charge in [0.15, 0.2) is 0 Å². The van der Waals surface area contributed by atoms with E-state index in [1.807, 2.05) is 26.0 Å². The first-order chi connectivity index (χ1) is 9.10. The van der Waals surface area contributed by atoms with Crippen LogP contribution in [0.1, 0.15) is 30.0 Å². The van der Waals surface area contributed by atoms with Gasteiger partial charge in [0.25, 0.3) is 0 Å². The number of halogens is 1. The van der Waals surface area contributed by atoms with Crippen LogP contribution in [0.3, 0.4) is 0 Å². The predicted octanol–water partition coefficient (Wildman–Crippen LogP) is 3.59. The lowest BCUT2D eigenvalue weighted by Crippen LogP contribution is -2.18. The fourth-order valence-electron chi connectivity index (χ4n) is 1.99. The number of rotatable bonds is 5. The number of aryl methyl sites for hydroxylation is 1. The van der Waals surface area contributed by atoms with Gasteiger partial charge in [-0.1, -0.05) is 0 Å². The van der Waals surface area contributed by atoms with Crippen molar-refractivity contribution in [2.75, 3.05) is 7.11 Å². The number of hydrogen-bond donors (Lipinski definition) is 1. The van der Waals surface area contributed by atoms with Crippen molar-refractivity contribution in [3.05, 3.63) is 53.2 Å². The van der Waals surface area contributed by atoms with Crippen LogP contribution in [0.2, 0.25) is 0 Å². The van der Waals surface area contributed by atoms with Gasteiger partial charge < -0.3 is 14.5 Å². The minimum Gasteiger partial charge on any atom is -0.496 e. The Morgan fingerprint density at radius 2 is 2.11 bits per heavy atom. The average Bonchev–Trinajstić information content (AvgIpc) is 2.81. The first-order valence-electron chi connectivity index (χ1n) is 6.22. The van der Waals surface area contributed by atoms with E-state index < -0.39 is 0 Å². The number of benzene rings is 1. The quantitative estimate of drug-likeness (QED) is 0.895. The lowest BCUT2D eigenvalue weighted by atomic mass is 10.1. The highest BCUT2D eigenvalue weighted by Gasteiger charge is 2.12. The van der Waals surface area contributed by atoms with E-state index in [1.54, 1.807) is 13.2 Å². The van der Waals surface area contributed by atoms with Gasteiger partial charge in [-0.3, -0.25) is 0 Å². The molecule has 0 fully saturated rings. The Bertz CT molecular complexity index is 551. The minimum absolute atomic E-state index is 0.0314. The monoisotopic (exact) mass is 263 g/mol. The van der Waals surface area contributed by atoms with Crippen molar-refractivity contribution in [1.82, 2.24) is 5.32 Å². The normalized spacial score (nSPS) is 12.4. The highest BCUT2D eigenvalue weighted by Crippen LogP contribution is 2.26. The molecule has 19 heavy (non-hydrogen) atoms. The summed E-state index contributed by atoms with van der Waals surface area (Å²) in [6.45, 7) is 4.46. The average molecular weight is 263 g/mol. The maximum atomic E-state index is 13.3. The van der Waals surface area contributed by atoms with Crippen molar-refractivity contribution in [1.29, 1.82) is 0 Å². The van der Waals surface area contributed by atoms with Crippen LogP contribution in [-0.4, -0.2) is 7.11 Å². The second-order valence-corrected chi connectivity index (χ2v) is 4.50. The zero-order chi connectivity index (χ0) is 13.8.